The fraction of sp³-hybridized carbons (Fsp3) is 0.250. The molecule has 0 unspecified atom stereocenters. The first-order valence-corrected chi connectivity index (χ1v) is 12.9. The number of ether oxygens (including phenoxy) is 4. The van der Waals surface area contributed by atoms with Crippen molar-refractivity contribution in [3.05, 3.63) is 78.1 Å². The van der Waals surface area contributed by atoms with Gasteiger partial charge in [0, 0.05) is 43.7 Å². The molecule has 2 aromatic heterocycles. The molecule has 0 aliphatic carbocycles. The van der Waals surface area contributed by atoms with Crippen LogP contribution in [0.25, 0.3) is 0 Å². The summed E-state index contributed by atoms with van der Waals surface area (Å²) in [7, 11) is 1.59. The van der Waals surface area contributed by atoms with Gasteiger partial charge in [-0.3, -0.25) is 4.90 Å². The van der Waals surface area contributed by atoms with Gasteiger partial charge in [-0.2, -0.15) is 4.98 Å². The Kier molecular flexibility index (Phi) is 8.90. The second-order valence-corrected chi connectivity index (χ2v) is 9.01. The Balaban J connectivity index is 1.22. The van der Waals surface area contributed by atoms with E-state index in [0.29, 0.717) is 52.2 Å². The molecule has 202 valence electrons. The molecule has 1 saturated heterocycles. The average molecular weight is 549 g/mol. The first-order valence-electron chi connectivity index (χ1n) is 12.5. The van der Waals surface area contributed by atoms with Gasteiger partial charge >= 0.3 is 0 Å². The minimum atomic E-state index is 0.359. The van der Waals surface area contributed by atoms with Crippen LogP contribution in [0.15, 0.2) is 73.1 Å². The third-order valence-corrected chi connectivity index (χ3v) is 6.18. The smallest absolute Gasteiger partial charge is 0.229 e. The van der Waals surface area contributed by atoms with Gasteiger partial charge < -0.3 is 29.6 Å². The molecule has 2 N–H and O–H groups in total. The molecule has 1 aliphatic heterocycles. The fourth-order valence-electron chi connectivity index (χ4n) is 3.91. The van der Waals surface area contributed by atoms with E-state index in [0.717, 1.165) is 38.5 Å². The second kappa shape index (κ2) is 13.1. The van der Waals surface area contributed by atoms with Crippen LogP contribution in [0.2, 0.25) is 5.02 Å². The quantitative estimate of drug-likeness (QED) is 0.249. The predicted molar refractivity (Wildman–Crippen MR) is 150 cm³/mol. The minimum absolute atomic E-state index is 0.359. The number of aromatic nitrogens is 3. The summed E-state index contributed by atoms with van der Waals surface area (Å²) in [6.45, 7) is 4.73. The number of halogens is 1. The fourth-order valence-corrected chi connectivity index (χ4v) is 4.04. The summed E-state index contributed by atoms with van der Waals surface area (Å²) in [6.07, 6.45) is 3.20. The lowest BCUT2D eigenvalue weighted by molar-refractivity contribution is 0.0320. The molecule has 11 heteroatoms. The maximum atomic E-state index is 6.30. The maximum Gasteiger partial charge on any atom is 0.229 e. The van der Waals surface area contributed by atoms with E-state index in [4.69, 9.17) is 30.5 Å². The Hall–Kier alpha value is -4.12. The lowest BCUT2D eigenvalue weighted by atomic mass is 10.2. The first kappa shape index (κ1) is 26.5. The number of morpholine rings is 1. The van der Waals surface area contributed by atoms with Crippen molar-refractivity contribution >= 4 is 34.7 Å². The number of pyridine rings is 1. The highest BCUT2D eigenvalue weighted by Crippen LogP contribution is 2.34. The summed E-state index contributed by atoms with van der Waals surface area (Å²) < 4.78 is 22.9. The van der Waals surface area contributed by atoms with Crippen LogP contribution in [0.5, 0.6) is 23.1 Å². The van der Waals surface area contributed by atoms with Crippen molar-refractivity contribution in [1.82, 2.24) is 19.9 Å². The number of rotatable bonds is 11. The lowest BCUT2D eigenvalue weighted by Crippen LogP contribution is -2.38. The van der Waals surface area contributed by atoms with Gasteiger partial charge in [-0.1, -0.05) is 29.8 Å². The van der Waals surface area contributed by atoms with Gasteiger partial charge in [0.05, 0.1) is 32.2 Å². The van der Waals surface area contributed by atoms with Gasteiger partial charge in [0.25, 0.3) is 0 Å². The van der Waals surface area contributed by atoms with E-state index in [2.05, 4.69) is 30.5 Å². The van der Waals surface area contributed by atoms with E-state index >= 15 is 0 Å². The number of benzene rings is 2. The molecule has 5 rings (SSSR count). The number of para-hydroxylation sites is 1. The Morgan fingerprint density at radius 3 is 2.62 bits per heavy atom. The van der Waals surface area contributed by atoms with Crippen LogP contribution in [-0.4, -0.2) is 66.4 Å². The van der Waals surface area contributed by atoms with Crippen molar-refractivity contribution in [1.29, 1.82) is 0 Å². The molecule has 3 heterocycles. The third-order valence-electron chi connectivity index (χ3n) is 5.90. The molecule has 0 amide bonds. The van der Waals surface area contributed by atoms with Crippen LogP contribution in [0, 0.1) is 0 Å². The molecule has 1 fully saturated rings. The molecule has 0 bridgehead atoms. The number of hydrogen-bond acceptors (Lipinski definition) is 10. The summed E-state index contributed by atoms with van der Waals surface area (Å²) in [6, 6.07) is 18.6. The van der Waals surface area contributed by atoms with E-state index in [9.17, 15) is 0 Å². The summed E-state index contributed by atoms with van der Waals surface area (Å²) in [4.78, 5) is 15.4. The van der Waals surface area contributed by atoms with Crippen LogP contribution >= 0.6 is 11.6 Å². The zero-order valence-electron chi connectivity index (χ0n) is 21.5. The van der Waals surface area contributed by atoms with Gasteiger partial charge in [0.1, 0.15) is 28.9 Å². The minimum Gasteiger partial charge on any atom is -0.494 e. The highest BCUT2D eigenvalue weighted by molar-refractivity contribution is 6.32. The van der Waals surface area contributed by atoms with Gasteiger partial charge in [-0.25, -0.2) is 9.97 Å². The monoisotopic (exact) mass is 548 g/mol. The Bertz CT molecular complexity index is 1370. The molecule has 10 nitrogen and oxygen atoms in total. The first-order chi connectivity index (χ1) is 19.2. The molecule has 4 aromatic rings. The Morgan fingerprint density at radius 2 is 1.79 bits per heavy atom. The van der Waals surface area contributed by atoms with Gasteiger partial charge in [0.2, 0.25) is 11.8 Å². The van der Waals surface area contributed by atoms with Crippen LogP contribution in [-0.2, 0) is 4.74 Å². The number of nitrogens with one attached hydrogen (secondary N) is 2. The highest BCUT2D eigenvalue weighted by Gasteiger charge is 2.12. The van der Waals surface area contributed by atoms with Crippen molar-refractivity contribution in [3.8, 4) is 23.1 Å². The van der Waals surface area contributed by atoms with Crippen LogP contribution in [0.1, 0.15) is 0 Å². The normalized spacial score (nSPS) is 13.5. The zero-order chi connectivity index (χ0) is 26.9. The number of hydrogen-bond donors (Lipinski definition) is 2. The molecule has 1 aliphatic rings. The van der Waals surface area contributed by atoms with Gasteiger partial charge in [0.15, 0.2) is 5.82 Å². The van der Waals surface area contributed by atoms with Gasteiger partial charge in [-0.05, 0) is 30.3 Å². The van der Waals surface area contributed by atoms with Crippen molar-refractivity contribution in [2.75, 3.05) is 57.2 Å². The molecule has 0 radical (unpaired) electrons. The van der Waals surface area contributed by atoms with Crippen molar-refractivity contribution in [3.63, 3.8) is 0 Å². The molecule has 0 atom stereocenters. The third kappa shape index (κ3) is 7.47. The summed E-state index contributed by atoms with van der Waals surface area (Å²) in [5.74, 6) is 3.10. The molecule has 39 heavy (non-hydrogen) atoms. The van der Waals surface area contributed by atoms with E-state index in [1.165, 1.54) is 6.20 Å². The predicted octanol–water partition coefficient (Wildman–Crippen LogP) is 5.52. The largest absolute Gasteiger partial charge is 0.494 e. The maximum absolute atomic E-state index is 6.30. The molecular weight excluding hydrogens is 520 g/mol. The molecule has 0 spiro atoms. The Morgan fingerprint density at radius 1 is 0.974 bits per heavy atom. The van der Waals surface area contributed by atoms with Crippen molar-refractivity contribution < 1.29 is 18.9 Å². The molecule has 2 aromatic carbocycles. The lowest BCUT2D eigenvalue weighted by Gasteiger charge is -2.26. The topological polar surface area (TPSA) is 103 Å². The summed E-state index contributed by atoms with van der Waals surface area (Å²) in [5.41, 5.74) is 1.53. The summed E-state index contributed by atoms with van der Waals surface area (Å²) in [5, 5.41) is 6.79. The van der Waals surface area contributed by atoms with E-state index in [1.807, 2.05) is 42.5 Å². The van der Waals surface area contributed by atoms with Crippen molar-refractivity contribution in [2.45, 2.75) is 0 Å². The van der Waals surface area contributed by atoms with E-state index in [1.54, 1.807) is 31.5 Å². The zero-order valence-corrected chi connectivity index (χ0v) is 22.2. The second-order valence-electron chi connectivity index (χ2n) is 8.60. The Labute approximate surface area is 231 Å². The average Bonchev–Trinajstić information content (AvgIpc) is 2.97. The molecular formula is C28H29ClN6O4. The number of nitrogens with zero attached hydrogens (tertiary/aromatic N) is 4. The van der Waals surface area contributed by atoms with Crippen LogP contribution in [0.4, 0.5) is 23.1 Å². The number of methoxy groups -OCH3 is 1. The van der Waals surface area contributed by atoms with Crippen molar-refractivity contribution in [2.24, 2.45) is 0 Å². The van der Waals surface area contributed by atoms with Crippen LogP contribution < -0.4 is 24.8 Å². The van der Waals surface area contributed by atoms with E-state index < -0.39 is 0 Å². The number of anilines is 4. The van der Waals surface area contributed by atoms with Crippen LogP contribution in [0.3, 0.4) is 0 Å². The SMILES string of the molecule is COc1cc(Oc2ccnc(OCCN3CCOCC3)c2)ccc1Nc1ncc(Cl)c(Nc2ccccc2)n1. The molecule has 0 saturated carbocycles. The standard InChI is InChI=1S/C28H29ClN6O4/c1-36-25-17-21(39-22-9-10-30-26(18-22)38-16-13-35-11-14-37-15-12-35)7-8-24(25)33-28-31-19-23(29)27(34-28)32-20-5-3-2-4-6-20/h2-10,17-19H,11-16H2,1H3,(H2,31,32,33,34). The summed E-state index contributed by atoms with van der Waals surface area (Å²) >= 11 is 6.30. The van der Waals surface area contributed by atoms with E-state index in [-0.39, 0.29) is 0 Å². The highest BCUT2D eigenvalue weighted by atomic mass is 35.5. The van der Waals surface area contributed by atoms with Gasteiger partial charge in [-0.15, -0.1) is 0 Å².